The molecule has 0 fully saturated rings. The van der Waals surface area contributed by atoms with Crippen molar-refractivity contribution in [3.05, 3.63) is 107 Å². The van der Waals surface area contributed by atoms with E-state index in [1.165, 1.54) is 0 Å². The number of fused-ring (bicyclic) bond motifs is 1. The van der Waals surface area contributed by atoms with Crippen LogP contribution in [0.3, 0.4) is 0 Å². The van der Waals surface area contributed by atoms with Crippen LogP contribution < -0.4 is 19.9 Å². The van der Waals surface area contributed by atoms with Gasteiger partial charge in [-0.25, -0.2) is 4.98 Å². The number of anilines is 1. The van der Waals surface area contributed by atoms with E-state index in [2.05, 4.69) is 0 Å². The predicted octanol–water partition coefficient (Wildman–Crippen LogP) is 6.78. The van der Waals surface area contributed by atoms with Gasteiger partial charge >= 0.3 is 5.97 Å². The lowest BCUT2D eigenvalue weighted by atomic mass is 10.1. The van der Waals surface area contributed by atoms with Crippen molar-refractivity contribution >= 4 is 34.3 Å². The number of nitrogens with two attached hydrogens (primary N) is 1. The second-order valence-corrected chi connectivity index (χ2v) is 9.71. The summed E-state index contributed by atoms with van der Waals surface area (Å²) in [5.74, 6) is 2.41. The van der Waals surface area contributed by atoms with E-state index in [-0.39, 0.29) is 13.0 Å². The number of imidazole rings is 1. The lowest BCUT2D eigenvalue weighted by Gasteiger charge is -2.14. The molecule has 3 N–H and O–H groups in total. The Morgan fingerprint density at radius 1 is 0.900 bits per heavy atom. The van der Waals surface area contributed by atoms with Crippen molar-refractivity contribution in [2.24, 2.45) is 7.05 Å². The molecule has 0 spiro atoms. The van der Waals surface area contributed by atoms with Crippen LogP contribution in [0.1, 0.15) is 23.4 Å². The van der Waals surface area contributed by atoms with Crippen molar-refractivity contribution in [2.75, 3.05) is 5.73 Å². The van der Waals surface area contributed by atoms with Gasteiger partial charge in [-0.3, -0.25) is 4.79 Å². The number of carboxylic acid groups (broad SMARTS) is 1. The number of rotatable bonds is 11. The molecule has 0 saturated heterocycles. The van der Waals surface area contributed by atoms with Crippen molar-refractivity contribution in [2.45, 2.75) is 26.1 Å². The van der Waals surface area contributed by atoms with Crippen LogP contribution in [-0.4, -0.2) is 20.6 Å². The zero-order valence-corrected chi connectivity index (χ0v) is 22.6. The highest BCUT2D eigenvalue weighted by Crippen LogP contribution is 2.29. The maximum atomic E-state index is 11.2. The number of hydrogen-bond donors (Lipinski definition) is 2. The van der Waals surface area contributed by atoms with Crippen LogP contribution in [0.25, 0.3) is 11.0 Å². The molecule has 4 aromatic carbocycles. The van der Waals surface area contributed by atoms with Gasteiger partial charge in [0, 0.05) is 36.3 Å². The topological polar surface area (TPSA) is 109 Å². The van der Waals surface area contributed by atoms with E-state index in [0.29, 0.717) is 46.7 Å². The number of aryl methyl sites for hydroxylation is 2. The highest BCUT2D eigenvalue weighted by atomic mass is 35.5. The van der Waals surface area contributed by atoms with Crippen LogP contribution in [0.5, 0.6) is 23.0 Å². The summed E-state index contributed by atoms with van der Waals surface area (Å²) < 4.78 is 20.1. The zero-order valence-electron chi connectivity index (χ0n) is 21.8. The zero-order chi connectivity index (χ0) is 28.1. The Hall–Kier alpha value is -4.69. The molecule has 204 valence electrons. The Bertz CT molecular complexity index is 1630. The molecule has 8 nitrogen and oxygen atoms in total. The molecule has 0 saturated carbocycles. The van der Waals surface area contributed by atoms with Gasteiger partial charge in [0.1, 0.15) is 42.0 Å². The second kappa shape index (κ2) is 12.0. The van der Waals surface area contributed by atoms with Gasteiger partial charge in [0.05, 0.1) is 11.0 Å². The molecule has 0 amide bonds. The lowest BCUT2D eigenvalue weighted by molar-refractivity contribution is -0.136. The summed E-state index contributed by atoms with van der Waals surface area (Å²) in [6, 6.07) is 25.8. The Morgan fingerprint density at radius 3 is 2.38 bits per heavy atom. The first-order valence-electron chi connectivity index (χ1n) is 12.7. The molecule has 5 aromatic rings. The smallest absolute Gasteiger partial charge is 0.303 e. The SMILES string of the molecule is Cn1c(COc2ccc(CCC(=O)O)c(OCc3ccc(Cl)cc3)c2)nc2ccc(Oc3ccc(N)cc3)cc21. The number of aromatic nitrogens is 2. The Labute approximate surface area is 236 Å². The lowest BCUT2D eigenvalue weighted by Crippen LogP contribution is -2.05. The molecular formula is C31H28ClN3O5. The van der Waals surface area contributed by atoms with Crippen molar-refractivity contribution < 1.29 is 24.1 Å². The number of ether oxygens (including phenoxy) is 3. The minimum Gasteiger partial charge on any atom is -0.488 e. The van der Waals surface area contributed by atoms with Gasteiger partial charge in [0.2, 0.25) is 0 Å². The molecule has 0 aliphatic rings. The monoisotopic (exact) mass is 557 g/mol. The second-order valence-electron chi connectivity index (χ2n) is 9.28. The number of aliphatic carboxylic acids is 1. The fourth-order valence-electron chi connectivity index (χ4n) is 4.18. The molecule has 1 heterocycles. The van der Waals surface area contributed by atoms with Gasteiger partial charge < -0.3 is 29.6 Å². The van der Waals surface area contributed by atoms with E-state index in [9.17, 15) is 4.79 Å². The number of hydrogen-bond acceptors (Lipinski definition) is 6. The van der Waals surface area contributed by atoms with Gasteiger partial charge in [0.15, 0.2) is 0 Å². The molecule has 0 unspecified atom stereocenters. The van der Waals surface area contributed by atoms with Gasteiger partial charge in [-0.2, -0.15) is 0 Å². The fourth-order valence-corrected chi connectivity index (χ4v) is 4.31. The van der Waals surface area contributed by atoms with Crippen LogP contribution in [0.2, 0.25) is 5.02 Å². The van der Waals surface area contributed by atoms with E-state index in [4.69, 9.17) is 41.6 Å². The molecular weight excluding hydrogens is 530 g/mol. The van der Waals surface area contributed by atoms with Crippen molar-refractivity contribution in [1.29, 1.82) is 0 Å². The first kappa shape index (κ1) is 26.9. The summed E-state index contributed by atoms with van der Waals surface area (Å²) in [4.78, 5) is 15.9. The number of benzene rings is 4. The minimum atomic E-state index is -0.868. The molecule has 5 rings (SSSR count). The van der Waals surface area contributed by atoms with Crippen molar-refractivity contribution in [3.8, 4) is 23.0 Å². The number of carbonyl (C=O) groups is 1. The minimum absolute atomic E-state index is 0.00139. The van der Waals surface area contributed by atoms with E-state index >= 15 is 0 Å². The number of nitrogen functional groups attached to an aromatic ring is 1. The normalized spacial score (nSPS) is 10.9. The quantitative estimate of drug-likeness (QED) is 0.172. The number of nitrogens with zero attached hydrogens (tertiary/aromatic N) is 2. The molecule has 0 aliphatic heterocycles. The summed E-state index contributed by atoms with van der Waals surface area (Å²) in [7, 11) is 1.93. The molecule has 1 aromatic heterocycles. The fraction of sp³-hybridized carbons (Fsp3) is 0.161. The summed E-state index contributed by atoms with van der Waals surface area (Å²) in [5.41, 5.74) is 9.90. The van der Waals surface area contributed by atoms with Gasteiger partial charge in [-0.1, -0.05) is 29.8 Å². The first-order valence-corrected chi connectivity index (χ1v) is 13.1. The summed E-state index contributed by atoms with van der Waals surface area (Å²) >= 11 is 5.98. The third kappa shape index (κ3) is 6.65. The van der Waals surface area contributed by atoms with E-state index in [1.807, 2.05) is 66.2 Å². The molecule has 0 aliphatic carbocycles. The third-order valence-electron chi connectivity index (χ3n) is 6.38. The van der Waals surface area contributed by atoms with Crippen LogP contribution in [0.4, 0.5) is 5.69 Å². The third-order valence-corrected chi connectivity index (χ3v) is 6.64. The van der Waals surface area contributed by atoms with Crippen LogP contribution in [0, 0.1) is 0 Å². The maximum Gasteiger partial charge on any atom is 0.303 e. The highest BCUT2D eigenvalue weighted by molar-refractivity contribution is 6.30. The largest absolute Gasteiger partial charge is 0.488 e. The molecule has 40 heavy (non-hydrogen) atoms. The highest BCUT2D eigenvalue weighted by Gasteiger charge is 2.13. The molecule has 0 bridgehead atoms. The summed E-state index contributed by atoms with van der Waals surface area (Å²) in [6.45, 7) is 0.538. The number of halogens is 1. The van der Waals surface area contributed by atoms with E-state index in [0.717, 1.165) is 28.0 Å². The van der Waals surface area contributed by atoms with Crippen LogP contribution in [0.15, 0.2) is 84.9 Å². The molecule has 0 atom stereocenters. The van der Waals surface area contributed by atoms with Gasteiger partial charge in [0.25, 0.3) is 0 Å². The van der Waals surface area contributed by atoms with E-state index in [1.54, 1.807) is 30.3 Å². The maximum absolute atomic E-state index is 11.2. The average Bonchev–Trinajstić information content (AvgIpc) is 3.26. The Kier molecular flexibility index (Phi) is 8.07. The van der Waals surface area contributed by atoms with Gasteiger partial charge in [-0.15, -0.1) is 0 Å². The Balaban J connectivity index is 1.30. The van der Waals surface area contributed by atoms with Gasteiger partial charge in [-0.05, 0) is 72.1 Å². The Morgan fingerprint density at radius 2 is 1.62 bits per heavy atom. The van der Waals surface area contributed by atoms with Crippen molar-refractivity contribution in [3.63, 3.8) is 0 Å². The molecule has 0 radical (unpaired) electrons. The predicted molar refractivity (Wildman–Crippen MR) is 154 cm³/mol. The molecule has 9 heteroatoms. The average molecular weight is 558 g/mol. The van der Waals surface area contributed by atoms with Crippen LogP contribution >= 0.6 is 11.6 Å². The summed E-state index contributed by atoms with van der Waals surface area (Å²) in [5, 5.41) is 9.80. The summed E-state index contributed by atoms with van der Waals surface area (Å²) in [6.07, 6.45) is 0.346. The standard InChI is InChI=1S/C31H28ClN3O5/c1-35-28-16-26(40-24-11-8-23(33)9-12-24)13-14-27(28)34-30(35)19-38-25-10-4-21(5-15-31(36)37)29(17-25)39-18-20-2-6-22(32)7-3-20/h2-4,6-14,16-17H,5,15,18-19,33H2,1H3,(H,36,37). The number of carboxylic acids is 1. The van der Waals surface area contributed by atoms with E-state index < -0.39 is 5.97 Å². The van der Waals surface area contributed by atoms with Crippen molar-refractivity contribution in [1.82, 2.24) is 9.55 Å². The first-order chi connectivity index (χ1) is 19.3. The van der Waals surface area contributed by atoms with Crippen LogP contribution in [-0.2, 0) is 31.5 Å².